The van der Waals surface area contributed by atoms with Crippen molar-refractivity contribution in [3.63, 3.8) is 0 Å². The molecule has 0 aliphatic carbocycles. The van der Waals surface area contributed by atoms with Crippen LogP contribution in [0.25, 0.3) is 11.0 Å². The molecule has 0 amide bonds. The van der Waals surface area contributed by atoms with Crippen LogP contribution in [0, 0.1) is 6.92 Å². The highest BCUT2D eigenvalue weighted by Gasteiger charge is 2.11. The maximum absolute atomic E-state index is 11.4. The van der Waals surface area contributed by atoms with Crippen molar-refractivity contribution in [2.45, 2.75) is 32.9 Å². The summed E-state index contributed by atoms with van der Waals surface area (Å²) in [7, 11) is 0. The molecule has 0 saturated heterocycles. The maximum atomic E-state index is 11.4. The SMILES string of the molecule is Cc1ccc(OCC(O)CNC(C)C)c2[nH]c(=O)[nH]c12. The van der Waals surface area contributed by atoms with Crippen molar-refractivity contribution in [2.75, 3.05) is 13.2 Å². The third kappa shape index (κ3) is 3.40. The molecule has 110 valence electrons. The second-order valence-corrected chi connectivity index (χ2v) is 5.24. The van der Waals surface area contributed by atoms with Crippen molar-refractivity contribution in [1.82, 2.24) is 15.3 Å². The summed E-state index contributed by atoms with van der Waals surface area (Å²) in [5.41, 5.74) is 2.08. The van der Waals surface area contributed by atoms with Crippen molar-refractivity contribution < 1.29 is 9.84 Å². The number of rotatable bonds is 6. The molecule has 6 heteroatoms. The Morgan fingerprint density at radius 2 is 2.00 bits per heavy atom. The molecule has 20 heavy (non-hydrogen) atoms. The third-order valence-electron chi connectivity index (χ3n) is 3.05. The van der Waals surface area contributed by atoms with E-state index in [1.807, 2.05) is 26.8 Å². The van der Waals surface area contributed by atoms with E-state index in [2.05, 4.69) is 15.3 Å². The van der Waals surface area contributed by atoms with Crippen LogP contribution in [0.15, 0.2) is 16.9 Å². The Balaban J connectivity index is 2.07. The Labute approximate surface area is 117 Å². The molecule has 0 radical (unpaired) electrons. The van der Waals surface area contributed by atoms with Gasteiger partial charge in [0.1, 0.15) is 24.0 Å². The van der Waals surface area contributed by atoms with E-state index in [1.165, 1.54) is 0 Å². The number of aromatic amines is 2. The molecule has 0 saturated carbocycles. The third-order valence-corrected chi connectivity index (χ3v) is 3.05. The number of ether oxygens (including phenoxy) is 1. The van der Waals surface area contributed by atoms with Crippen LogP contribution < -0.4 is 15.7 Å². The number of aryl methyl sites for hydroxylation is 1. The van der Waals surface area contributed by atoms with Crippen molar-refractivity contribution >= 4 is 11.0 Å². The Bertz CT molecular complexity index is 630. The number of fused-ring (bicyclic) bond motifs is 1. The number of hydrogen-bond donors (Lipinski definition) is 4. The molecule has 0 spiro atoms. The maximum Gasteiger partial charge on any atom is 0.323 e. The first-order valence-electron chi connectivity index (χ1n) is 6.73. The average molecular weight is 279 g/mol. The number of aliphatic hydroxyl groups excluding tert-OH is 1. The van der Waals surface area contributed by atoms with Crippen LogP contribution >= 0.6 is 0 Å². The highest BCUT2D eigenvalue weighted by molar-refractivity contribution is 5.84. The van der Waals surface area contributed by atoms with Gasteiger partial charge in [0.2, 0.25) is 0 Å². The van der Waals surface area contributed by atoms with Crippen LogP contribution in [0.1, 0.15) is 19.4 Å². The summed E-state index contributed by atoms with van der Waals surface area (Å²) in [4.78, 5) is 16.8. The van der Waals surface area contributed by atoms with Crippen LogP contribution in [-0.4, -0.2) is 40.4 Å². The number of aliphatic hydroxyl groups is 1. The Kier molecular flexibility index (Phi) is 4.46. The second-order valence-electron chi connectivity index (χ2n) is 5.24. The number of aromatic nitrogens is 2. The molecule has 1 atom stereocenters. The van der Waals surface area contributed by atoms with Crippen LogP contribution in [0.5, 0.6) is 5.75 Å². The lowest BCUT2D eigenvalue weighted by Gasteiger charge is -2.15. The van der Waals surface area contributed by atoms with Crippen molar-refractivity contribution in [1.29, 1.82) is 0 Å². The summed E-state index contributed by atoms with van der Waals surface area (Å²) in [6.45, 7) is 6.59. The zero-order valence-corrected chi connectivity index (χ0v) is 12.0. The van der Waals surface area contributed by atoms with Crippen LogP contribution in [0.2, 0.25) is 0 Å². The molecule has 1 heterocycles. The van der Waals surface area contributed by atoms with E-state index < -0.39 is 6.10 Å². The van der Waals surface area contributed by atoms with Crippen molar-refractivity contribution in [3.05, 3.63) is 28.2 Å². The van der Waals surface area contributed by atoms with Gasteiger partial charge in [-0.2, -0.15) is 0 Å². The second kappa shape index (κ2) is 6.11. The fourth-order valence-corrected chi connectivity index (χ4v) is 1.97. The van der Waals surface area contributed by atoms with Gasteiger partial charge in [-0.1, -0.05) is 19.9 Å². The van der Waals surface area contributed by atoms with Gasteiger partial charge in [0.25, 0.3) is 0 Å². The summed E-state index contributed by atoms with van der Waals surface area (Å²) in [5, 5.41) is 13.0. The summed E-state index contributed by atoms with van der Waals surface area (Å²) in [6.07, 6.45) is -0.598. The molecule has 1 aromatic heterocycles. The number of H-pyrrole nitrogens is 2. The zero-order valence-electron chi connectivity index (χ0n) is 12.0. The molecular weight excluding hydrogens is 258 g/mol. The van der Waals surface area contributed by atoms with Gasteiger partial charge in [0, 0.05) is 12.6 Å². The van der Waals surface area contributed by atoms with E-state index in [0.29, 0.717) is 23.9 Å². The standard InChI is InChI=1S/C14H21N3O3/c1-8(2)15-6-10(18)7-20-11-5-4-9(3)12-13(11)17-14(19)16-12/h4-5,8,10,15,18H,6-7H2,1-3H3,(H2,16,17,19). The lowest BCUT2D eigenvalue weighted by atomic mass is 10.2. The monoisotopic (exact) mass is 279 g/mol. The number of nitrogens with one attached hydrogen (secondary N) is 3. The molecule has 2 rings (SSSR count). The fourth-order valence-electron chi connectivity index (χ4n) is 1.97. The summed E-state index contributed by atoms with van der Waals surface area (Å²) < 4.78 is 5.60. The van der Waals surface area contributed by atoms with E-state index in [0.717, 1.165) is 11.1 Å². The summed E-state index contributed by atoms with van der Waals surface area (Å²) in [6, 6.07) is 3.99. The Hall–Kier alpha value is -1.79. The van der Waals surface area contributed by atoms with E-state index in [9.17, 15) is 9.90 Å². The Morgan fingerprint density at radius 3 is 2.70 bits per heavy atom. The topological polar surface area (TPSA) is 90.1 Å². The minimum Gasteiger partial charge on any atom is -0.489 e. The minimum atomic E-state index is -0.598. The zero-order chi connectivity index (χ0) is 14.7. The predicted octanol–water partition coefficient (Wildman–Crippen LogP) is 0.902. The molecule has 0 bridgehead atoms. The van der Waals surface area contributed by atoms with Gasteiger partial charge >= 0.3 is 5.69 Å². The number of hydrogen-bond acceptors (Lipinski definition) is 4. The lowest BCUT2D eigenvalue weighted by Crippen LogP contribution is -2.35. The first-order chi connectivity index (χ1) is 9.47. The molecule has 1 aromatic carbocycles. The van der Waals surface area contributed by atoms with E-state index >= 15 is 0 Å². The largest absolute Gasteiger partial charge is 0.489 e. The van der Waals surface area contributed by atoms with Crippen molar-refractivity contribution in [3.8, 4) is 5.75 Å². The quantitative estimate of drug-likeness (QED) is 0.632. The van der Waals surface area contributed by atoms with Gasteiger partial charge in [0.15, 0.2) is 0 Å². The molecule has 0 aliphatic heterocycles. The summed E-state index contributed by atoms with van der Waals surface area (Å²) in [5.74, 6) is 0.563. The normalized spacial score (nSPS) is 13.1. The predicted molar refractivity (Wildman–Crippen MR) is 78.3 cm³/mol. The molecule has 0 aliphatic rings. The molecule has 0 fully saturated rings. The molecule has 2 aromatic rings. The molecular formula is C14H21N3O3. The van der Waals surface area contributed by atoms with Gasteiger partial charge in [-0.05, 0) is 18.6 Å². The van der Waals surface area contributed by atoms with Gasteiger partial charge in [-0.3, -0.25) is 0 Å². The van der Waals surface area contributed by atoms with E-state index in [4.69, 9.17) is 4.74 Å². The van der Waals surface area contributed by atoms with Crippen LogP contribution in [0.3, 0.4) is 0 Å². The van der Waals surface area contributed by atoms with E-state index in [-0.39, 0.29) is 12.3 Å². The van der Waals surface area contributed by atoms with Gasteiger partial charge < -0.3 is 25.1 Å². The van der Waals surface area contributed by atoms with Gasteiger partial charge in [-0.15, -0.1) is 0 Å². The number of benzene rings is 1. The molecule has 1 unspecified atom stereocenters. The minimum absolute atomic E-state index is 0.172. The summed E-state index contributed by atoms with van der Waals surface area (Å²) >= 11 is 0. The fraction of sp³-hybridized carbons (Fsp3) is 0.500. The van der Waals surface area contributed by atoms with Gasteiger partial charge in [0.05, 0.1) is 5.52 Å². The van der Waals surface area contributed by atoms with Crippen LogP contribution in [-0.2, 0) is 0 Å². The average Bonchev–Trinajstić information content (AvgIpc) is 2.78. The first-order valence-corrected chi connectivity index (χ1v) is 6.73. The Morgan fingerprint density at radius 1 is 1.30 bits per heavy atom. The molecule has 4 N–H and O–H groups in total. The highest BCUT2D eigenvalue weighted by atomic mass is 16.5. The van der Waals surface area contributed by atoms with Crippen LogP contribution in [0.4, 0.5) is 0 Å². The van der Waals surface area contributed by atoms with E-state index in [1.54, 1.807) is 6.07 Å². The smallest absolute Gasteiger partial charge is 0.323 e. The van der Waals surface area contributed by atoms with Crippen molar-refractivity contribution in [2.24, 2.45) is 0 Å². The number of imidazole rings is 1. The molecule has 6 nitrogen and oxygen atoms in total. The first kappa shape index (κ1) is 14.6. The van der Waals surface area contributed by atoms with Gasteiger partial charge in [-0.25, -0.2) is 4.79 Å². The highest BCUT2D eigenvalue weighted by Crippen LogP contribution is 2.24. The lowest BCUT2D eigenvalue weighted by molar-refractivity contribution is 0.105.